The number of oxime groups is 1. The second-order valence-electron chi connectivity index (χ2n) is 10.9. The molecule has 224 valence electrons. The molecule has 0 unspecified atom stereocenters. The van der Waals surface area contributed by atoms with Gasteiger partial charge in [-0.05, 0) is 41.3 Å². The minimum absolute atomic E-state index is 0.0240. The highest BCUT2D eigenvalue weighted by Crippen LogP contribution is 2.47. The highest BCUT2D eigenvalue weighted by Gasteiger charge is 2.54. The molecular formula is C30H26BrF3N4O5. The van der Waals surface area contributed by atoms with E-state index in [1.54, 1.807) is 33.7 Å². The summed E-state index contributed by atoms with van der Waals surface area (Å²) in [5.74, 6) is -5.18. The maximum Gasteiger partial charge on any atom is 0.274 e. The van der Waals surface area contributed by atoms with Gasteiger partial charge < -0.3 is 24.4 Å². The number of carbonyl (C=O) groups is 2. The van der Waals surface area contributed by atoms with Gasteiger partial charge in [-0.2, -0.15) is 0 Å². The third-order valence-corrected chi connectivity index (χ3v) is 8.68. The Morgan fingerprint density at radius 1 is 1.19 bits per heavy atom. The molecule has 2 bridgehead atoms. The summed E-state index contributed by atoms with van der Waals surface area (Å²) in [6.45, 7) is 1.44. The van der Waals surface area contributed by atoms with E-state index in [1.807, 2.05) is 13.0 Å². The lowest BCUT2D eigenvalue weighted by Gasteiger charge is -2.42. The molecule has 3 aliphatic heterocycles. The second kappa shape index (κ2) is 11.2. The van der Waals surface area contributed by atoms with E-state index in [-0.39, 0.29) is 30.6 Å². The van der Waals surface area contributed by atoms with Gasteiger partial charge in [-0.1, -0.05) is 35.5 Å². The van der Waals surface area contributed by atoms with Crippen LogP contribution >= 0.6 is 15.9 Å². The van der Waals surface area contributed by atoms with Gasteiger partial charge in [-0.25, -0.2) is 13.2 Å². The maximum absolute atomic E-state index is 14.3. The second-order valence-corrected chi connectivity index (χ2v) is 11.8. The summed E-state index contributed by atoms with van der Waals surface area (Å²) in [5.41, 5.74) is -2.01. The zero-order valence-corrected chi connectivity index (χ0v) is 24.5. The van der Waals surface area contributed by atoms with Crippen LogP contribution in [0.1, 0.15) is 64.2 Å². The smallest absolute Gasteiger partial charge is 0.274 e. The number of ether oxygens (including phenoxy) is 1. The molecular weight excluding hydrogens is 633 g/mol. The standard InChI is InChI=1S/C30H26BrF3N4O5/c1-16-7-8-30(11-24(31)36-43-30)23-14-37(16)29(41)25-27(42-15-17-5-3-2-4-6-17)26(39)20(13-38(23)25)28(40)35-12-19-21(33)9-18(32)10-22(19)34/h2-6,9-10,13,16,23H,7-8,11-12,14-15H2,1H3,(H,35,40)/t16-,23+,30+/m0/s1. The van der Waals surface area contributed by atoms with Crippen molar-refractivity contribution in [2.24, 2.45) is 5.16 Å². The van der Waals surface area contributed by atoms with Gasteiger partial charge in [0.25, 0.3) is 11.8 Å². The number of benzene rings is 2. The van der Waals surface area contributed by atoms with Gasteiger partial charge in [0.1, 0.15) is 34.2 Å². The molecule has 3 atom stereocenters. The summed E-state index contributed by atoms with van der Waals surface area (Å²) < 4.78 is 50.1. The lowest BCUT2D eigenvalue weighted by molar-refractivity contribution is -0.0656. The first-order chi connectivity index (χ1) is 20.6. The number of nitrogens with zero attached hydrogens (tertiary/aromatic N) is 3. The Kier molecular flexibility index (Phi) is 7.53. The fourth-order valence-corrected chi connectivity index (χ4v) is 6.47. The Morgan fingerprint density at radius 3 is 2.58 bits per heavy atom. The van der Waals surface area contributed by atoms with Gasteiger partial charge in [0.15, 0.2) is 17.0 Å². The Hall–Kier alpha value is -4.13. The van der Waals surface area contributed by atoms with Crippen LogP contribution in [0.25, 0.3) is 0 Å². The van der Waals surface area contributed by atoms with E-state index in [4.69, 9.17) is 9.57 Å². The highest BCUT2D eigenvalue weighted by atomic mass is 79.9. The fourth-order valence-electron chi connectivity index (χ4n) is 5.93. The third kappa shape index (κ3) is 5.19. The quantitative estimate of drug-likeness (QED) is 0.409. The minimum Gasteiger partial charge on any atom is -0.483 e. The Bertz CT molecular complexity index is 1690. The first-order valence-corrected chi connectivity index (χ1v) is 14.5. The van der Waals surface area contributed by atoms with Crippen molar-refractivity contribution in [3.63, 3.8) is 0 Å². The van der Waals surface area contributed by atoms with Crippen molar-refractivity contribution < 1.29 is 32.3 Å². The van der Waals surface area contributed by atoms with Crippen LogP contribution in [0.15, 0.2) is 58.6 Å². The van der Waals surface area contributed by atoms with Crippen LogP contribution in [0.3, 0.4) is 0 Å². The van der Waals surface area contributed by atoms with Crippen molar-refractivity contribution in [1.29, 1.82) is 0 Å². The first kappa shape index (κ1) is 29.0. The topological polar surface area (TPSA) is 102 Å². The largest absolute Gasteiger partial charge is 0.483 e. The molecule has 1 fully saturated rings. The number of hydrogen-bond acceptors (Lipinski definition) is 6. The first-order valence-electron chi connectivity index (χ1n) is 13.7. The van der Waals surface area contributed by atoms with Crippen LogP contribution in [-0.4, -0.2) is 44.1 Å². The van der Waals surface area contributed by atoms with Gasteiger partial charge in [0.2, 0.25) is 5.43 Å². The number of carbonyl (C=O) groups excluding carboxylic acids is 2. The molecule has 0 radical (unpaired) electrons. The van der Waals surface area contributed by atoms with E-state index in [0.717, 1.165) is 5.56 Å². The molecule has 3 aromatic rings. The van der Waals surface area contributed by atoms with Gasteiger partial charge in [0, 0.05) is 49.4 Å². The van der Waals surface area contributed by atoms with Crippen LogP contribution in [-0.2, 0) is 18.0 Å². The lowest BCUT2D eigenvalue weighted by Crippen LogP contribution is -2.52. The van der Waals surface area contributed by atoms with E-state index in [1.165, 1.54) is 6.20 Å². The molecule has 6 rings (SSSR count). The summed E-state index contributed by atoms with van der Waals surface area (Å²) >= 11 is 3.42. The van der Waals surface area contributed by atoms with Crippen LogP contribution in [0.2, 0.25) is 0 Å². The number of amides is 2. The lowest BCUT2D eigenvalue weighted by atomic mass is 9.86. The van der Waals surface area contributed by atoms with Crippen LogP contribution < -0.4 is 15.5 Å². The van der Waals surface area contributed by atoms with Gasteiger partial charge in [-0.3, -0.25) is 14.4 Å². The molecule has 1 saturated heterocycles. The molecule has 0 aliphatic carbocycles. The number of pyridine rings is 1. The van der Waals surface area contributed by atoms with Crippen LogP contribution in [0.4, 0.5) is 13.2 Å². The zero-order valence-electron chi connectivity index (χ0n) is 22.9. The van der Waals surface area contributed by atoms with E-state index >= 15 is 0 Å². The van der Waals surface area contributed by atoms with E-state index in [9.17, 15) is 27.6 Å². The number of hydrogen-bond donors (Lipinski definition) is 1. The molecule has 4 heterocycles. The third-order valence-electron chi connectivity index (χ3n) is 8.26. The molecule has 3 aliphatic rings. The summed E-state index contributed by atoms with van der Waals surface area (Å²) in [6.07, 6.45) is 2.83. The number of fused-ring (bicyclic) bond motifs is 5. The number of aromatic nitrogens is 1. The Morgan fingerprint density at radius 2 is 1.91 bits per heavy atom. The summed E-state index contributed by atoms with van der Waals surface area (Å²) in [4.78, 5) is 48.9. The Balaban J connectivity index is 1.45. The number of rotatable bonds is 6. The van der Waals surface area contributed by atoms with Crippen molar-refractivity contribution in [3.8, 4) is 5.75 Å². The predicted octanol–water partition coefficient (Wildman–Crippen LogP) is 4.82. The predicted molar refractivity (Wildman–Crippen MR) is 153 cm³/mol. The summed E-state index contributed by atoms with van der Waals surface area (Å²) in [6, 6.07) is 9.26. The van der Waals surface area contributed by atoms with E-state index in [0.29, 0.717) is 36.0 Å². The molecule has 13 heteroatoms. The summed E-state index contributed by atoms with van der Waals surface area (Å²) in [7, 11) is 0. The molecule has 43 heavy (non-hydrogen) atoms. The highest BCUT2D eigenvalue weighted by molar-refractivity contribution is 9.18. The molecule has 1 aromatic heterocycles. The summed E-state index contributed by atoms with van der Waals surface area (Å²) in [5, 5.41) is 6.48. The van der Waals surface area contributed by atoms with Crippen molar-refractivity contribution in [3.05, 3.63) is 98.7 Å². The molecule has 2 aromatic carbocycles. The van der Waals surface area contributed by atoms with E-state index in [2.05, 4.69) is 26.4 Å². The average molecular weight is 659 g/mol. The molecule has 2 amide bonds. The number of nitrogens with one attached hydrogen (secondary N) is 1. The maximum atomic E-state index is 14.3. The van der Waals surface area contributed by atoms with Gasteiger partial charge in [0.05, 0.1) is 6.04 Å². The monoisotopic (exact) mass is 658 g/mol. The normalized spacial score (nSPS) is 22.5. The van der Waals surface area contributed by atoms with Gasteiger partial charge in [-0.15, -0.1) is 0 Å². The van der Waals surface area contributed by atoms with Gasteiger partial charge >= 0.3 is 0 Å². The SMILES string of the molecule is C[C@H]1CC[C@@]2(CC(Br)=NO2)[C@H]2CN1C(=O)c1c(OCc3ccccc3)c(=O)c(C(=O)NCc3c(F)cc(F)cc3F)cn12. The molecule has 9 nitrogen and oxygen atoms in total. The fraction of sp³-hybridized carbons (Fsp3) is 0.333. The molecule has 1 spiro atoms. The number of halogens is 4. The van der Waals surface area contributed by atoms with Crippen molar-refractivity contribution in [2.45, 2.75) is 57.0 Å². The van der Waals surface area contributed by atoms with Crippen LogP contribution in [0.5, 0.6) is 5.75 Å². The van der Waals surface area contributed by atoms with Crippen LogP contribution in [0, 0.1) is 17.5 Å². The zero-order chi connectivity index (χ0) is 30.5. The molecule has 1 N–H and O–H groups in total. The minimum atomic E-state index is -1.18. The van der Waals surface area contributed by atoms with E-state index < -0.39 is 64.0 Å². The van der Waals surface area contributed by atoms with Crippen molar-refractivity contribution in [1.82, 2.24) is 14.8 Å². The molecule has 0 saturated carbocycles. The average Bonchev–Trinajstić information content (AvgIpc) is 3.30. The van der Waals surface area contributed by atoms with Crippen molar-refractivity contribution in [2.75, 3.05) is 6.54 Å². The van der Waals surface area contributed by atoms with Crippen molar-refractivity contribution >= 4 is 32.4 Å². The Labute approximate surface area is 252 Å².